The zero-order valence-corrected chi connectivity index (χ0v) is 15.9. The van der Waals surface area contributed by atoms with Crippen molar-refractivity contribution in [3.63, 3.8) is 0 Å². The van der Waals surface area contributed by atoms with Crippen molar-refractivity contribution in [2.24, 2.45) is 5.73 Å². The summed E-state index contributed by atoms with van der Waals surface area (Å²) in [7, 11) is 1.66. The van der Waals surface area contributed by atoms with Crippen LogP contribution in [-0.4, -0.2) is 30.9 Å². The Hall–Kier alpha value is -1.59. The summed E-state index contributed by atoms with van der Waals surface area (Å²) >= 11 is 0. The first-order valence-corrected chi connectivity index (χ1v) is 8.29. The topological polar surface area (TPSA) is 67.5 Å². The normalized spacial score (nSPS) is 13.6. The molecular formula is C20H29ClN2O2. The van der Waals surface area contributed by atoms with E-state index in [0.717, 1.165) is 16.9 Å². The lowest BCUT2D eigenvalue weighted by Crippen LogP contribution is -2.48. The molecule has 0 fully saturated rings. The number of aliphatic hydroxyl groups is 1. The zero-order valence-electron chi connectivity index (χ0n) is 15.1. The van der Waals surface area contributed by atoms with Gasteiger partial charge in [0.2, 0.25) is 0 Å². The molecule has 4 nitrogen and oxygen atoms in total. The number of benzene rings is 2. The van der Waals surface area contributed by atoms with Crippen LogP contribution in [0, 0.1) is 0 Å². The lowest BCUT2D eigenvalue weighted by molar-refractivity contribution is 0.131. The molecule has 0 saturated heterocycles. The summed E-state index contributed by atoms with van der Waals surface area (Å²) in [5.41, 5.74) is 8.10. The van der Waals surface area contributed by atoms with Gasteiger partial charge < -0.3 is 20.9 Å². The van der Waals surface area contributed by atoms with Crippen LogP contribution in [0.1, 0.15) is 25.0 Å². The Morgan fingerprint density at radius 1 is 1.12 bits per heavy atom. The fraction of sp³-hybridized carbons (Fsp3) is 0.400. The molecule has 0 heterocycles. The molecular weight excluding hydrogens is 336 g/mol. The predicted molar refractivity (Wildman–Crippen MR) is 105 cm³/mol. The van der Waals surface area contributed by atoms with Gasteiger partial charge in [0.1, 0.15) is 5.75 Å². The first-order chi connectivity index (χ1) is 11.4. The molecule has 2 aromatic carbocycles. The fourth-order valence-electron chi connectivity index (χ4n) is 2.65. The van der Waals surface area contributed by atoms with Crippen molar-refractivity contribution in [2.75, 3.05) is 13.7 Å². The summed E-state index contributed by atoms with van der Waals surface area (Å²) in [4.78, 5) is 0. The van der Waals surface area contributed by atoms with E-state index in [4.69, 9.17) is 10.5 Å². The third kappa shape index (κ3) is 6.33. The fourth-order valence-corrected chi connectivity index (χ4v) is 2.65. The van der Waals surface area contributed by atoms with E-state index >= 15 is 0 Å². The van der Waals surface area contributed by atoms with E-state index in [2.05, 4.69) is 19.2 Å². The lowest BCUT2D eigenvalue weighted by Gasteiger charge is -2.30. The van der Waals surface area contributed by atoms with E-state index in [0.29, 0.717) is 13.0 Å². The second-order valence-corrected chi connectivity index (χ2v) is 6.66. The Labute approximate surface area is 156 Å². The van der Waals surface area contributed by atoms with Gasteiger partial charge in [-0.15, -0.1) is 12.4 Å². The van der Waals surface area contributed by atoms with E-state index < -0.39 is 6.10 Å². The van der Waals surface area contributed by atoms with Crippen LogP contribution in [0.25, 0.3) is 0 Å². The Balaban J connectivity index is 0.00000312. The minimum Gasteiger partial charge on any atom is -0.497 e. The zero-order chi connectivity index (χ0) is 17.6. The monoisotopic (exact) mass is 364 g/mol. The molecule has 2 atom stereocenters. The van der Waals surface area contributed by atoms with Gasteiger partial charge >= 0.3 is 0 Å². The Bertz CT molecular complexity index is 635. The molecule has 5 heteroatoms. The first-order valence-electron chi connectivity index (χ1n) is 8.29. The standard InChI is InChI=1S/C20H28N2O2.ClH/c1-20(2,16-10-7-11-17(13-16)24-3)22-14-19(23)18(21)12-15-8-5-4-6-9-15;/h4-11,13,18-19,22-23H,12,14,21H2,1-3H3;1H/t18-,19+;/m0./s1. The molecule has 0 aliphatic rings. The maximum atomic E-state index is 10.4. The highest BCUT2D eigenvalue weighted by atomic mass is 35.5. The highest BCUT2D eigenvalue weighted by Gasteiger charge is 2.23. The lowest BCUT2D eigenvalue weighted by atomic mass is 9.93. The van der Waals surface area contributed by atoms with Gasteiger partial charge in [0.25, 0.3) is 0 Å². The average Bonchev–Trinajstić information content (AvgIpc) is 2.60. The summed E-state index contributed by atoms with van der Waals surface area (Å²) < 4.78 is 5.28. The summed E-state index contributed by atoms with van der Waals surface area (Å²) in [6, 6.07) is 17.6. The molecule has 2 aromatic rings. The molecule has 0 bridgehead atoms. The van der Waals surface area contributed by atoms with Gasteiger partial charge in [-0.1, -0.05) is 42.5 Å². The van der Waals surface area contributed by atoms with Gasteiger partial charge in [-0.2, -0.15) is 0 Å². The maximum Gasteiger partial charge on any atom is 0.119 e. The Kier molecular flexibility index (Phi) is 8.39. The molecule has 4 N–H and O–H groups in total. The molecule has 0 aliphatic heterocycles. The molecule has 2 rings (SSSR count). The number of hydrogen-bond acceptors (Lipinski definition) is 4. The highest BCUT2D eigenvalue weighted by Crippen LogP contribution is 2.24. The minimum absolute atomic E-state index is 0. The van der Waals surface area contributed by atoms with Crippen molar-refractivity contribution >= 4 is 12.4 Å². The van der Waals surface area contributed by atoms with Crippen LogP contribution in [0.2, 0.25) is 0 Å². The third-order valence-corrected chi connectivity index (χ3v) is 4.35. The maximum absolute atomic E-state index is 10.4. The van der Waals surface area contributed by atoms with Crippen molar-refractivity contribution in [1.82, 2.24) is 5.32 Å². The number of nitrogens with one attached hydrogen (secondary N) is 1. The minimum atomic E-state index is -0.616. The number of methoxy groups -OCH3 is 1. The molecule has 0 aromatic heterocycles. The van der Waals surface area contributed by atoms with E-state index in [9.17, 15) is 5.11 Å². The van der Waals surface area contributed by atoms with Crippen LogP contribution in [-0.2, 0) is 12.0 Å². The van der Waals surface area contributed by atoms with Gasteiger partial charge in [-0.3, -0.25) is 0 Å². The molecule has 0 aliphatic carbocycles. The second-order valence-electron chi connectivity index (χ2n) is 6.66. The van der Waals surface area contributed by atoms with Gasteiger partial charge in [0.15, 0.2) is 0 Å². The van der Waals surface area contributed by atoms with Crippen LogP contribution in [0.5, 0.6) is 5.75 Å². The van der Waals surface area contributed by atoms with Crippen LogP contribution in [0.15, 0.2) is 54.6 Å². The molecule has 0 radical (unpaired) electrons. The molecule has 0 saturated carbocycles. The summed E-state index contributed by atoms with van der Waals surface area (Å²) in [5.74, 6) is 0.823. The van der Waals surface area contributed by atoms with E-state index in [1.807, 2.05) is 54.6 Å². The van der Waals surface area contributed by atoms with Crippen molar-refractivity contribution < 1.29 is 9.84 Å². The van der Waals surface area contributed by atoms with E-state index in [1.165, 1.54) is 0 Å². The van der Waals surface area contributed by atoms with Crippen molar-refractivity contribution in [2.45, 2.75) is 38.0 Å². The molecule has 0 spiro atoms. The number of halogens is 1. The van der Waals surface area contributed by atoms with E-state index in [-0.39, 0.29) is 24.0 Å². The van der Waals surface area contributed by atoms with Crippen molar-refractivity contribution in [3.8, 4) is 5.75 Å². The highest BCUT2D eigenvalue weighted by molar-refractivity contribution is 5.85. The van der Waals surface area contributed by atoms with Crippen LogP contribution >= 0.6 is 12.4 Å². The predicted octanol–water partition coefficient (Wildman–Crippen LogP) is 2.87. The second kappa shape index (κ2) is 9.78. The summed E-state index contributed by atoms with van der Waals surface area (Å²) in [5, 5.41) is 13.8. The quantitative estimate of drug-likeness (QED) is 0.673. The summed E-state index contributed by atoms with van der Waals surface area (Å²) in [6.07, 6.45) is 0.0404. The van der Waals surface area contributed by atoms with Crippen molar-refractivity contribution in [1.29, 1.82) is 0 Å². The molecule has 0 unspecified atom stereocenters. The number of nitrogens with two attached hydrogens (primary N) is 1. The summed E-state index contributed by atoms with van der Waals surface area (Å²) in [6.45, 7) is 4.59. The Morgan fingerprint density at radius 3 is 2.44 bits per heavy atom. The smallest absolute Gasteiger partial charge is 0.119 e. The van der Waals surface area contributed by atoms with Gasteiger partial charge in [0, 0.05) is 18.1 Å². The van der Waals surface area contributed by atoms with Crippen LogP contribution in [0.4, 0.5) is 0 Å². The third-order valence-electron chi connectivity index (χ3n) is 4.35. The molecule has 0 amide bonds. The van der Waals surface area contributed by atoms with Gasteiger partial charge in [-0.25, -0.2) is 0 Å². The number of rotatable bonds is 8. The van der Waals surface area contributed by atoms with Gasteiger partial charge in [-0.05, 0) is 43.5 Å². The van der Waals surface area contributed by atoms with Crippen LogP contribution < -0.4 is 15.8 Å². The van der Waals surface area contributed by atoms with Gasteiger partial charge in [0.05, 0.1) is 13.2 Å². The Morgan fingerprint density at radius 2 is 1.80 bits per heavy atom. The van der Waals surface area contributed by atoms with Crippen LogP contribution in [0.3, 0.4) is 0 Å². The number of ether oxygens (including phenoxy) is 1. The average molecular weight is 365 g/mol. The van der Waals surface area contributed by atoms with E-state index in [1.54, 1.807) is 7.11 Å². The molecule has 25 heavy (non-hydrogen) atoms. The van der Waals surface area contributed by atoms with Crippen molar-refractivity contribution in [3.05, 3.63) is 65.7 Å². The number of aliphatic hydroxyl groups excluding tert-OH is 1. The number of hydrogen-bond donors (Lipinski definition) is 3. The largest absolute Gasteiger partial charge is 0.497 e. The first kappa shape index (κ1) is 21.5. The molecule has 138 valence electrons. The SMILES string of the molecule is COc1cccc(C(C)(C)NC[C@@H](O)[C@@H](N)Cc2ccccc2)c1.Cl.